The van der Waals surface area contributed by atoms with Crippen molar-refractivity contribution in [3.05, 3.63) is 94.8 Å². The van der Waals surface area contributed by atoms with E-state index in [1.165, 1.54) is 24.1 Å². The molecule has 4 rings (SSSR count). The maximum absolute atomic E-state index is 13.4. The maximum Gasteiger partial charge on any atom is 0.323 e. The number of carboxylic acids is 1. The van der Waals surface area contributed by atoms with Crippen LogP contribution in [0.4, 0.5) is 4.39 Å². The summed E-state index contributed by atoms with van der Waals surface area (Å²) < 4.78 is 25.1. The molecule has 0 fully saturated rings. The molecule has 182 valence electrons. The van der Waals surface area contributed by atoms with Gasteiger partial charge in [-0.05, 0) is 48.7 Å². The van der Waals surface area contributed by atoms with E-state index in [0.717, 1.165) is 16.7 Å². The first-order valence-corrected chi connectivity index (χ1v) is 11.5. The van der Waals surface area contributed by atoms with Gasteiger partial charge in [0.15, 0.2) is 11.5 Å². The first kappa shape index (κ1) is 24.3. The average Bonchev–Trinajstić information content (AvgIpc) is 3.18. The third kappa shape index (κ3) is 5.80. The van der Waals surface area contributed by atoms with Crippen LogP contribution < -0.4 is 9.47 Å². The lowest BCUT2D eigenvalue weighted by molar-refractivity contribution is -0.137. The summed E-state index contributed by atoms with van der Waals surface area (Å²) in [6, 6.07) is 19.3. The molecule has 0 radical (unpaired) electrons. The Morgan fingerprint density at radius 3 is 2.46 bits per heavy atom. The Labute approximate surface area is 203 Å². The second-order valence-corrected chi connectivity index (χ2v) is 9.05. The first-order chi connectivity index (χ1) is 16.8. The van der Waals surface area contributed by atoms with Crippen LogP contribution in [0.2, 0.25) is 0 Å². The van der Waals surface area contributed by atoms with Crippen LogP contribution >= 0.6 is 0 Å². The Morgan fingerprint density at radius 2 is 1.80 bits per heavy atom. The molecule has 0 bridgehead atoms. The smallest absolute Gasteiger partial charge is 0.323 e. The van der Waals surface area contributed by atoms with Crippen molar-refractivity contribution in [1.82, 2.24) is 4.90 Å². The molecule has 35 heavy (non-hydrogen) atoms. The maximum atomic E-state index is 13.4. The molecule has 0 spiro atoms. The summed E-state index contributed by atoms with van der Waals surface area (Å²) in [5.41, 5.74) is 2.53. The molecule has 1 aliphatic heterocycles. The van der Waals surface area contributed by atoms with Gasteiger partial charge in [-0.1, -0.05) is 42.5 Å². The predicted molar refractivity (Wildman–Crippen MR) is 130 cm³/mol. The van der Waals surface area contributed by atoms with Gasteiger partial charge in [0.25, 0.3) is 5.91 Å². The van der Waals surface area contributed by atoms with E-state index >= 15 is 0 Å². The number of ether oxygens (including phenoxy) is 2. The van der Waals surface area contributed by atoms with Crippen LogP contribution in [0.15, 0.2) is 66.7 Å². The highest BCUT2D eigenvalue weighted by Crippen LogP contribution is 2.44. The minimum atomic E-state index is -1.07. The second kappa shape index (κ2) is 10.2. The second-order valence-electron chi connectivity index (χ2n) is 9.05. The zero-order valence-corrected chi connectivity index (χ0v) is 19.8. The zero-order valence-electron chi connectivity index (χ0n) is 19.8. The van der Waals surface area contributed by atoms with Crippen molar-refractivity contribution < 1.29 is 28.6 Å². The number of amides is 1. The van der Waals surface area contributed by atoms with Gasteiger partial charge in [0.05, 0.1) is 7.11 Å². The van der Waals surface area contributed by atoms with E-state index in [2.05, 4.69) is 0 Å². The first-order valence-electron chi connectivity index (χ1n) is 11.5. The SMILES string of the molecule is COc1cc(C(=O)N(CCc2ccccc2)CC(=O)O)cc2c1OC(C)(Cc1ccc(F)cc1)C2. The Kier molecular flexibility index (Phi) is 7.05. The summed E-state index contributed by atoms with van der Waals surface area (Å²) in [7, 11) is 1.51. The van der Waals surface area contributed by atoms with Gasteiger partial charge in [-0.2, -0.15) is 0 Å². The minimum absolute atomic E-state index is 0.271. The number of carbonyl (C=O) groups is 2. The van der Waals surface area contributed by atoms with Gasteiger partial charge in [-0.3, -0.25) is 9.59 Å². The number of benzene rings is 3. The molecular formula is C28H28FNO5. The van der Waals surface area contributed by atoms with Crippen molar-refractivity contribution >= 4 is 11.9 Å². The van der Waals surface area contributed by atoms with Crippen molar-refractivity contribution in [2.24, 2.45) is 0 Å². The Hall–Kier alpha value is -3.87. The van der Waals surface area contributed by atoms with Crippen LogP contribution in [0.5, 0.6) is 11.5 Å². The molecule has 1 aliphatic rings. The third-order valence-electron chi connectivity index (χ3n) is 6.13. The summed E-state index contributed by atoms with van der Waals surface area (Å²) in [6.07, 6.45) is 1.62. The van der Waals surface area contributed by atoms with E-state index < -0.39 is 18.1 Å². The number of aliphatic carboxylic acids is 1. The molecule has 7 heteroatoms. The van der Waals surface area contributed by atoms with Crippen molar-refractivity contribution in [3.63, 3.8) is 0 Å². The van der Waals surface area contributed by atoms with E-state index in [1.54, 1.807) is 24.3 Å². The molecule has 1 heterocycles. The van der Waals surface area contributed by atoms with Crippen molar-refractivity contribution in [1.29, 1.82) is 0 Å². The topological polar surface area (TPSA) is 76.1 Å². The summed E-state index contributed by atoms with van der Waals surface area (Å²) >= 11 is 0. The molecule has 1 amide bonds. The number of hydrogen-bond acceptors (Lipinski definition) is 4. The fourth-order valence-corrected chi connectivity index (χ4v) is 4.51. The zero-order chi connectivity index (χ0) is 25.0. The van der Waals surface area contributed by atoms with Crippen molar-refractivity contribution in [3.8, 4) is 11.5 Å². The molecule has 0 saturated heterocycles. The van der Waals surface area contributed by atoms with Gasteiger partial charge in [0, 0.05) is 30.5 Å². The monoisotopic (exact) mass is 477 g/mol. The summed E-state index contributed by atoms with van der Waals surface area (Å²) in [4.78, 5) is 26.2. The number of carboxylic acid groups (broad SMARTS) is 1. The van der Waals surface area contributed by atoms with Gasteiger partial charge in [-0.15, -0.1) is 0 Å². The largest absolute Gasteiger partial charge is 0.493 e. The third-order valence-corrected chi connectivity index (χ3v) is 6.13. The van der Waals surface area contributed by atoms with E-state index in [1.807, 2.05) is 37.3 Å². The number of fused-ring (bicyclic) bond motifs is 1. The average molecular weight is 478 g/mol. The Morgan fingerprint density at radius 1 is 1.09 bits per heavy atom. The summed E-state index contributed by atoms with van der Waals surface area (Å²) in [5, 5.41) is 9.40. The number of methoxy groups -OCH3 is 1. The van der Waals surface area contributed by atoms with Crippen LogP contribution in [-0.4, -0.2) is 47.7 Å². The number of carbonyl (C=O) groups excluding carboxylic acids is 1. The van der Waals surface area contributed by atoms with E-state index in [9.17, 15) is 19.1 Å². The Balaban J connectivity index is 1.56. The van der Waals surface area contributed by atoms with Gasteiger partial charge >= 0.3 is 5.97 Å². The number of nitrogens with zero attached hydrogens (tertiary/aromatic N) is 1. The lowest BCUT2D eigenvalue weighted by Gasteiger charge is -2.24. The van der Waals surface area contributed by atoms with E-state index in [-0.39, 0.29) is 18.3 Å². The molecular weight excluding hydrogens is 449 g/mol. The molecule has 1 unspecified atom stereocenters. The minimum Gasteiger partial charge on any atom is -0.493 e. The van der Waals surface area contributed by atoms with Crippen LogP contribution in [0.25, 0.3) is 0 Å². The van der Waals surface area contributed by atoms with Crippen LogP contribution in [0.3, 0.4) is 0 Å². The highest BCUT2D eigenvalue weighted by atomic mass is 19.1. The molecule has 1 N–H and O–H groups in total. The van der Waals surface area contributed by atoms with Crippen LogP contribution in [-0.2, 0) is 24.1 Å². The van der Waals surface area contributed by atoms with Crippen molar-refractivity contribution in [2.45, 2.75) is 31.8 Å². The lowest BCUT2D eigenvalue weighted by atomic mass is 9.91. The number of halogens is 1. The number of rotatable bonds is 9. The quantitative estimate of drug-likeness (QED) is 0.490. The predicted octanol–water partition coefficient (Wildman–Crippen LogP) is 4.54. The fraction of sp³-hybridized carbons (Fsp3) is 0.286. The highest BCUT2D eigenvalue weighted by Gasteiger charge is 2.38. The summed E-state index contributed by atoms with van der Waals surface area (Å²) in [5.74, 6) is -0.751. The normalized spacial score (nSPS) is 16.3. The van der Waals surface area contributed by atoms with Crippen molar-refractivity contribution in [2.75, 3.05) is 20.2 Å². The molecule has 0 aliphatic carbocycles. The Bertz CT molecular complexity index is 1210. The van der Waals surface area contributed by atoms with Crippen LogP contribution in [0, 0.1) is 5.82 Å². The van der Waals surface area contributed by atoms with Gasteiger partial charge < -0.3 is 19.5 Å². The van der Waals surface area contributed by atoms with Crippen LogP contribution in [0.1, 0.15) is 34.0 Å². The van der Waals surface area contributed by atoms with Gasteiger partial charge in [0.1, 0.15) is 18.0 Å². The molecule has 1 atom stereocenters. The standard InChI is InChI=1S/C28H28FNO5/c1-28(16-20-8-10-23(29)11-9-20)17-22-14-21(15-24(34-2)26(22)35-28)27(33)30(18-25(31)32)13-12-19-6-4-3-5-7-19/h3-11,14-15H,12-13,16-18H2,1-2H3,(H,31,32). The molecule has 0 saturated carbocycles. The molecule has 3 aromatic carbocycles. The fourth-order valence-electron chi connectivity index (χ4n) is 4.51. The number of hydrogen-bond donors (Lipinski definition) is 1. The molecule has 6 nitrogen and oxygen atoms in total. The lowest BCUT2D eigenvalue weighted by Crippen LogP contribution is -2.37. The van der Waals surface area contributed by atoms with E-state index in [4.69, 9.17) is 9.47 Å². The summed E-state index contributed by atoms with van der Waals surface area (Å²) in [6.45, 7) is 1.84. The molecule has 3 aromatic rings. The van der Waals surface area contributed by atoms with Gasteiger partial charge in [0.2, 0.25) is 0 Å². The molecule has 0 aromatic heterocycles. The van der Waals surface area contributed by atoms with Gasteiger partial charge in [-0.25, -0.2) is 4.39 Å². The van der Waals surface area contributed by atoms with E-state index in [0.29, 0.717) is 36.3 Å². The highest BCUT2D eigenvalue weighted by molar-refractivity contribution is 5.97.